The van der Waals surface area contributed by atoms with Gasteiger partial charge in [0.1, 0.15) is 11.3 Å². The van der Waals surface area contributed by atoms with E-state index in [4.69, 9.17) is 14.5 Å². The average molecular weight is 422 g/mol. The van der Waals surface area contributed by atoms with Crippen molar-refractivity contribution < 1.29 is 9.47 Å². The fourth-order valence-electron chi connectivity index (χ4n) is 4.13. The van der Waals surface area contributed by atoms with Gasteiger partial charge in [-0.05, 0) is 44.9 Å². The number of aryl methyl sites for hydroxylation is 2. The van der Waals surface area contributed by atoms with Crippen LogP contribution in [0.5, 0.6) is 0 Å². The van der Waals surface area contributed by atoms with Crippen LogP contribution in [0.25, 0.3) is 27.9 Å². The first kappa shape index (κ1) is 19.9. The number of fused-ring (bicyclic) bond motifs is 2. The Morgan fingerprint density at radius 2 is 2.03 bits per heavy atom. The van der Waals surface area contributed by atoms with Gasteiger partial charge >= 0.3 is 0 Å². The number of nitrogens with one attached hydrogen (secondary N) is 1. The second-order valence-electron chi connectivity index (χ2n) is 7.88. The lowest BCUT2D eigenvalue weighted by Crippen LogP contribution is -2.41. The Kier molecular flexibility index (Phi) is 5.29. The SMILES string of the molecule is CCn1c(C)nc2ccc(-c3ccn4nc(NC5CC(OCCOC)C5)ncc34)nc21. The lowest BCUT2D eigenvalue weighted by atomic mass is 9.89. The van der Waals surface area contributed by atoms with Gasteiger partial charge in [-0.2, -0.15) is 0 Å². The van der Waals surface area contributed by atoms with E-state index in [9.17, 15) is 0 Å². The highest BCUT2D eigenvalue weighted by Gasteiger charge is 2.30. The predicted molar refractivity (Wildman–Crippen MR) is 118 cm³/mol. The fourth-order valence-corrected chi connectivity index (χ4v) is 4.13. The van der Waals surface area contributed by atoms with E-state index >= 15 is 0 Å². The zero-order chi connectivity index (χ0) is 21.4. The van der Waals surface area contributed by atoms with Crippen molar-refractivity contribution >= 4 is 22.6 Å². The molecule has 0 aliphatic heterocycles. The van der Waals surface area contributed by atoms with Gasteiger partial charge in [-0.15, -0.1) is 5.10 Å². The predicted octanol–water partition coefficient (Wildman–Crippen LogP) is 3.08. The van der Waals surface area contributed by atoms with E-state index in [-0.39, 0.29) is 6.10 Å². The Morgan fingerprint density at radius 3 is 2.84 bits per heavy atom. The summed E-state index contributed by atoms with van der Waals surface area (Å²) in [5, 5.41) is 8.03. The van der Waals surface area contributed by atoms with Gasteiger partial charge in [-0.3, -0.25) is 0 Å². The summed E-state index contributed by atoms with van der Waals surface area (Å²) < 4.78 is 14.7. The van der Waals surface area contributed by atoms with Gasteiger partial charge in [0.05, 0.1) is 36.7 Å². The molecule has 4 aromatic rings. The van der Waals surface area contributed by atoms with Gasteiger partial charge in [0.2, 0.25) is 5.95 Å². The van der Waals surface area contributed by atoms with E-state index in [1.165, 1.54) is 0 Å². The highest BCUT2D eigenvalue weighted by Crippen LogP contribution is 2.28. The number of aromatic nitrogens is 6. The van der Waals surface area contributed by atoms with E-state index in [1.54, 1.807) is 7.11 Å². The van der Waals surface area contributed by atoms with E-state index in [0.717, 1.165) is 53.1 Å². The molecule has 0 amide bonds. The van der Waals surface area contributed by atoms with Crippen LogP contribution in [0, 0.1) is 6.92 Å². The van der Waals surface area contributed by atoms with Crippen LogP contribution in [0.15, 0.2) is 30.6 Å². The summed E-state index contributed by atoms with van der Waals surface area (Å²) >= 11 is 0. The molecule has 0 radical (unpaired) electrons. The molecular formula is C22H27N7O2. The first-order valence-corrected chi connectivity index (χ1v) is 10.7. The number of rotatable bonds is 8. The Hall–Kier alpha value is -3.04. The molecule has 0 bridgehead atoms. The zero-order valence-corrected chi connectivity index (χ0v) is 18.1. The van der Waals surface area contributed by atoms with Crippen molar-refractivity contribution in [3.05, 3.63) is 36.4 Å². The Labute approximate surface area is 180 Å². The van der Waals surface area contributed by atoms with Gasteiger partial charge < -0.3 is 19.4 Å². The Balaban J connectivity index is 1.33. The van der Waals surface area contributed by atoms with E-state index in [1.807, 2.05) is 42.0 Å². The largest absolute Gasteiger partial charge is 0.382 e. The van der Waals surface area contributed by atoms with Crippen molar-refractivity contribution in [2.45, 2.75) is 45.4 Å². The molecule has 31 heavy (non-hydrogen) atoms. The third kappa shape index (κ3) is 3.75. The standard InChI is InChI=1S/C22H27N7O2/c1-4-28-14(2)24-19-6-5-18(26-21(19)28)17-7-8-29-20(17)13-23-22(27-29)25-15-11-16(12-15)31-10-9-30-3/h5-8,13,15-16H,4,9-12H2,1-3H3,(H,25,27). The summed E-state index contributed by atoms with van der Waals surface area (Å²) in [7, 11) is 1.68. The fraction of sp³-hybridized carbons (Fsp3) is 0.455. The van der Waals surface area contributed by atoms with E-state index in [2.05, 4.69) is 31.9 Å². The molecule has 0 aromatic carbocycles. The Bertz CT molecular complexity index is 1210. The maximum absolute atomic E-state index is 5.73. The van der Waals surface area contributed by atoms with Gasteiger partial charge in [0.25, 0.3) is 0 Å². The molecule has 5 rings (SSSR count). The second-order valence-corrected chi connectivity index (χ2v) is 7.88. The third-order valence-electron chi connectivity index (χ3n) is 5.86. The highest BCUT2D eigenvalue weighted by atomic mass is 16.5. The molecule has 9 heteroatoms. The van der Waals surface area contributed by atoms with Crippen molar-refractivity contribution in [3.63, 3.8) is 0 Å². The van der Waals surface area contributed by atoms with Crippen molar-refractivity contribution in [1.82, 2.24) is 29.1 Å². The monoisotopic (exact) mass is 421 g/mol. The number of hydrogen-bond acceptors (Lipinski definition) is 7. The van der Waals surface area contributed by atoms with Crippen LogP contribution in [-0.2, 0) is 16.0 Å². The minimum Gasteiger partial charge on any atom is -0.382 e. The molecule has 1 aliphatic rings. The van der Waals surface area contributed by atoms with Crippen LogP contribution in [0.1, 0.15) is 25.6 Å². The van der Waals surface area contributed by atoms with Gasteiger partial charge in [-0.25, -0.2) is 19.5 Å². The van der Waals surface area contributed by atoms with Crippen molar-refractivity contribution in [3.8, 4) is 11.3 Å². The first-order valence-electron chi connectivity index (χ1n) is 10.7. The molecule has 1 fully saturated rings. The minimum absolute atomic E-state index is 0.288. The zero-order valence-electron chi connectivity index (χ0n) is 18.1. The quantitative estimate of drug-likeness (QED) is 0.437. The summed E-state index contributed by atoms with van der Waals surface area (Å²) in [4.78, 5) is 14.0. The van der Waals surface area contributed by atoms with E-state index in [0.29, 0.717) is 25.2 Å². The number of nitrogens with zero attached hydrogens (tertiary/aromatic N) is 6. The average Bonchev–Trinajstić information content (AvgIpc) is 3.30. The van der Waals surface area contributed by atoms with Crippen molar-refractivity contribution in [2.24, 2.45) is 0 Å². The molecule has 0 unspecified atom stereocenters. The first-order chi connectivity index (χ1) is 15.2. The molecule has 0 saturated heterocycles. The molecule has 9 nitrogen and oxygen atoms in total. The van der Waals surface area contributed by atoms with Crippen molar-refractivity contribution in [2.75, 3.05) is 25.6 Å². The molecule has 0 atom stereocenters. The molecule has 1 N–H and O–H groups in total. The van der Waals surface area contributed by atoms with Gasteiger partial charge in [-0.1, -0.05) is 0 Å². The summed E-state index contributed by atoms with van der Waals surface area (Å²) in [6, 6.07) is 6.40. The van der Waals surface area contributed by atoms with Gasteiger partial charge in [0, 0.05) is 31.5 Å². The maximum atomic E-state index is 5.73. The van der Waals surface area contributed by atoms with E-state index < -0.39 is 0 Å². The summed E-state index contributed by atoms with van der Waals surface area (Å²) in [5.41, 5.74) is 4.64. The van der Waals surface area contributed by atoms with Crippen LogP contribution in [-0.4, -0.2) is 61.6 Å². The highest BCUT2D eigenvalue weighted by molar-refractivity contribution is 5.82. The molecule has 1 saturated carbocycles. The maximum Gasteiger partial charge on any atom is 0.241 e. The lowest BCUT2D eigenvalue weighted by molar-refractivity contribution is -0.0261. The van der Waals surface area contributed by atoms with Crippen LogP contribution >= 0.6 is 0 Å². The van der Waals surface area contributed by atoms with Crippen LogP contribution in [0.2, 0.25) is 0 Å². The van der Waals surface area contributed by atoms with Crippen LogP contribution in [0.4, 0.5) is 5.95 Å². The van der Waals surface area contributed by atoms with Crippen molar-refractivity contribution in [1.29, 1.82) is 0 Å². The summed E-state index contributed by atoms with van der Waals surface area (Å²) in [6.07, 6.45) is 6.00. The van der Waals surface area contributed by atoms with Crippen LogP contribution < -0.4 is 5.32 Å². The second kappa shape index (κ2) is 8.24. The number of ether oxygens (including phenoxy) is 2. The lowest BCUT2D eigenvalue weighted by Gasteiger charge is -2.35. The Morgan fingerprint density at radius 1 is 1.16 bits per heavy atom. The number of hydrogen-bond donors (Lipinski definition) is 1. The minimum atomic E-state index is 0.288. The smallest absolute Gasteiger partial charge is 0.241 e. The molecule has 1 aliphatic carbocycles. The van der Waals surface area contributed by atoms with Crippen LogP contribution in [0.3, 0.4) is 0 Å². The molecule has 162 valence electrons. The number of methoxy groups -OCH3 is 1. The number of imidazole rings is 1. The molecular weight excluding hydrogens is 394 g/mol. The molecule has 0 spiro atoms. The normalized spacial score (nSPS) is 18.5. The summed E-state index contributed by atoms with van der Waals surface area (Å²) in [5.74, 6) is 1.60. The number of anilines is 1. The summed E-state index contributed by atoms with van der Waals surface area (Å²) in [6.45, 7) is 6.23. The molecule has 4 aromatic heterocycles. The number of pyridine rings is 1. The van der Waals surface area contributed by atoms with Gasteiger partial charge in [0.15, 0.2) is 5.65 Å². The third-order valence-corrected chi connectivity index (χ3v) is 5.86. The molecule has 4 heterocycles. The topological polar surface area (TPSA) is 91.4 Å².